The molecule has 0 bridgehead atoms. The average molecular weight is 202 g/mol. The lowest BCUT2D eigenvalue weighted by atomic mass is 10.2. The molecule has 0 saturated heterocycles. The van der Waals surface area contributed by atoms with Gasteiger partial charge in [-0.1, -0.05) is 40.3 Å². The number of rotatable bonds is 5. The molecule has 0 aromatic heterocycles. The molecule has 0 spiro atoms. The van der Waals surface area contributed by atoms with E-state index >= 15 is 0 Å². The Morgan fingerprint density at radius 2 is 1.86 bits per heavy atom. The fourth-order valence-electron chi connectivity index (χ4n) is 0.915. The Bertz CT molecular complexity index is 160. The summed E-state index contributed by atoms with van der Waals surface area (Å²) in [5.41, 5.74) is 1.10. The molecule has 0 aliphatic rings. The van der Waals surface area contributed by atoms with Gasteiger partial charge in [0, 0.05) is 0 Å². The van der Waals surface area contributed by atoms with Gasteiger partial charge in [-0.05, 0) is 19.8 Å². The predicted octanol–water partition coefficient (Wildman–Crippen LogP) is 3.96. The van der Waals surface area contributed by atoms with E-state index in [1.165, 1.54) is 0 Å². The molecule has 0 fully saturated rings. The average Bonchev–Trinajstić information content (AvgIpc) is 2.01. The third kappa shape index (κ3) is 11.2. The van der Waals surface area contributed by atoms with E-state index in [9.17, 15) is 4.79 Å². The van der Waals surface area contributed by atoms with Crippen molar-refractivity contribution in [3.8, 4) is 0 Å². The van der Waals surface area contributed by atoms with Gasteiger partial charge in [0.05, 0.1) is 13.0 Å². The van der Waals surface area contributed by atoms with E-state index in [0.717, 1.165) is 18.4 Å². The van der Waals surface area contributed by atoms with Crippen LogP contribution in [0.1, 0.15) is 54.9 Å². The van der Waals surface area contributed by atoms with Crippen molar-refractivity contribution >= 4 is 5.97 Å². The van der Waals surface area contributed by atoms with Gasteiger partial charge in [-0.2, -0.15) is 0 Å². The summed E-state index contributed by atoms with van der Waals surface area (Å²) in [6.07, 6.45) is 4.36. The molecule has 86 valence electrons. The highest BCUT2D eigenvalue weighted by atomic mass is 16.5. The van der Waals surface area contributed by atoms with E-state index < -0.39 is 0 Å². The number of hydrogen-bond donors (Lipinski definition) is 0. The number of hydrogen-bond acceptors (Lipinski definition) is 2. The molecule has 0 radical (unpaired) electrons. The lowest BCUT2D eigenvalue weighted by molar-refractivity contribution is -0.142. The molecule has 0 heterocycles. The maximum atomic E-state index is 11.0. The van der Waals surface area contributed by atoms with E-state index in [4.69, 9.17) is 4.74 Å². The molecule has 0 N–H and O–H groups in total. The molecule has 14 heavy (non-hydrogen) atoms. The van der Waals surface area contributed by atoms with E-state index in [-0.39, 0.29) is 20.8 Å². The van der Waals surface area contributed by atoms with E-state index in [2.05, 4.69) is 6.92 Å². The molecule has 2 nitrogen and oxygen atoms in total. The molecule has 0 atom stereocenters. The molecule has 2 heteroatoms. The van der Waals surface area contributed by atoms with Gasteiger partial charge < -0.3 is 4.74 Å². The fraction of sp³-hybridized carbons (Fsp3) is 0.750. The SMILES string of the molecule is C.C.CC/C=C(\C)CC(=O)OCCC. The minimum atomic E-state index is -0.112. The first-order valence-corrected chi connectivity index (χ1v) is 4.52. The van der Waals surface area contributed by atoms with Crippen LogP contribution in [0.25, 0.3) is 0 Å². The molecular weight excluding hydrogens is 176 g/mol. The third-order valence-corrected chi connectivity index (χ3v) is 1.44. The standard InChI is InChI=1S/C10H18O2.2CH4/c1-4-6-9(3)8-10(11)12-7-5-2;;/h6H,4-5,7-8H2,1-3H3;2*1H4/b9-6+;;. The van der Waals surface area contributed by atoms with Gasteiger partial charge in [-0.25, -0.2) is 0 Å². The van der Waals surface area contributed by atoms with Crippen LogP contribution in [-0.4, -0.2) is 12.6 Å². The number of carbonyl (C=O) groups is 1. The summed E-state index contributed by atoms with van der Waals surface area (Å²) in [5.74, 6) is -0.112. The summed E-state index contributed by atoms with van der Waals surface area (Å²) in [6, 6.07) is 0. The van der Waals surface area contributed by atoms with Crippen molar-refractivity contribution in [3.63, 3.8) is 0 Å². The number of ether oxygens (including phenoxy) is 1. The molecular formula is C12H26O2. The fourth-order valence-corrected chi connectivity index (χ4v) is 0.915. The van der Waals surface area contributed by atoms with E-state index in [1.54, 1.807) is 0 Å². The maximum Gasteiger partial charge on any atom is 0.309 e. The van der Waals surface area contributed by atoms with Crippen molar-refractivity contribution < 1.29 is 9.53 Å². The van der Waals surface area contributed by atoms with Crippen LogP contribution in [0.2, 0.25) is 0 Å². The molecule has 0 unspecified atom stereocenters. The molecule has 0 aromatic carbocycles. The van der Waals surface area contributed by atoms with Crippen molar-refractivity contribution in [2.75, 3.05) is 6.61 Å². The van der Waals surface area contributed by atoms with Crippen LogP contribution in [0.3, 0.4) is 0 Å². The summed E-state index contributed by atoms with van der Waals surface area (Å²) in [5, 5.41) is 0. The lowest BCUT2D eigenvalue weighted by Gasteiger charge is -2.02. The molecule has 0 amide bonds. The van der Waals surface area contributed by atoms with Crippen LogP contribution in [0.15, 0.2) is 11.6 Å². The Balaban J connectivity index is -0.000000605. The van der Waals surface area contributed by atoms with Crippen LogP contribution >= 0.6 is 0 Å². The zero-order chi connectivity index (χ0) is 9.40. The molecule has 0 aromatic rings. The van der Waals surface area contributed by atoms with Crippen LogP contribution in [0.5, 0.6) is 0 Å². The topological polar surface area (TPSA) is 26.3 Å². The summed E-state index contributed by atoms with van der Waals surface area (Å²) in [6.45, 7) is 6.54. The van der Waals surface area contributed by atoms with Gasteiger partial charge in [0.25, 0.3) is 0 Å². The predicted molar refractivity (Wildman–Crippen MR) is 63.4 cm³/mol. The van der Waals surface area contributed by atoms with Crippen molar-refractivity contribution in [3.05, 3.63) is 11.6 Å². The molecule has 0 aliphatic heterocycles. The Morgan fingerprint density at radius 3 is 2.29 bits per heavy atom. The Labute approximate surface area is 89.4 Å². The van der Waals surface area contributed by atoms with Crippen LogP contribution in [-0.2, 0) is 9.53 Å². The highest BCUT2D eigenvalue weighted by Crippen LogP contribution is 2.02. The smallest absolute Gasteiger partial charge is 0.309 e. The summed E-state index contributed by atoms with van der Waals surface area (Å²) in [7, 11) is 0. The lowest BCUT2D eigenvalue weighted by Crippen LogP contribution is -2.05. The van der Waals surface area contributed by atoms with Gasteiger partial charge >= 0.3 is 5.97 Å². The van der Waals surface area contributed by atoms with Gasteiger partial charge in [0.15, 0.2) is 0 Å². The minimum Gasteiger partial charge on any atom is -0.465 e. The minimum absolute atomic E-state index is 0. The Morgan fingerprint density at radius 1 is 1.29 bits per heavy atom. The van der Waals surface area contributed by atoms with Gasteiger partial charge in [0.1, 0.15) is 0 Å². The summed E-state index contributed by atoms with van der Waals surface area (Å²) >= 11 is 0. The highest BCUT2D eigenvalue weighted by Gasteiger charge is 2.01. The Hall–Kier alpha value is -0.790. The van der Waals surface area contributed by atoms with Crippen molar-refractivity contribution in [1.29, 1.82) is 0 Å². The van der Waals surface area contributed by atoms with Crippen molar-refractivity contribution in [1.82, 2.24) is 0 Å². The highest BCUT2D eigenvalue weighted by molar-refractivity contribution is 5.72. The summed E-state index contributed by atoms with van der Waals surface area (Å²) < 4.78 is 4.93. The van der Waals surface area contributed by atoms with Crippen LogP contribution in [0, 0.1) is 0 Å². The van der Waals surface area contributed by atoms with Gasteiger partial charge in [-0.15, -0.1) is 0 Å². The largest absolute Gasteiger partial charge is 0.465 e. The molecule has 0 aliphatic carbocycles. The second-order valence-electron chi connectivity index (χ2n) is 2.86. The van der Waals surface area contributed by atoms with Crippen molar-refractivity contribution in [2.24, 2.45) is 0 Å². The quantitative estimate of drug-likeness (QED) is 0.498. The first-order chi connectivity index (χ1) is 5.70. The first kappa shape index (κ1) is 18.9. The maximum absolute atomic E-state index is 11.0. The van der Waals surface area contributed by atoms with Crippen LogP contribution < -0.4 is 0 Å². The zero-order valence-corrected chi connectivity index (χ0v) is 8.22. The Kier molecular flexibility index (Phi) is 16.5. The number of carbonyl (C=O) groups excluding carboxylic acids is 1. The molecule has 0 rings (SSSR count). The second-order valence-corrected chi connectivity index (χ2v) is 2.86. The monoisotopic (exact) mass is 202 g/mol. The third-order valence-electron chi connectivity index (χ3n) is 1.44. The number of esters is 1. The second kappa shape index (κ2) is 12.2. The van der Waals surface area contributed by atoms with Gasteiger partial charge in [0.2, 0.25) is 0 Å². The number of allylic oxidation sites excluding steroid dienone is 1. The normalized spacial score (nSPS) is 9.79. The zero-order valence-electron chi connectivity index (χ0n) is 8.22. The first-order valence-electron chi connectivity index (χ1n) is 4.52. The molecule has 0 saturated carbocycles. The van der Waals surface area contributed by atoms with Crippen molar-refractivity contribution in [2.45, 2.75) is 54.9 Å². The van der Waals surface area contributed by atoms with Gasteiger partial charge in [-0.3, -0.25) is 4.79 Å². The van der Waals surface area contributed by atoms with E-state index in [0.29, 0.717) is 13.0 Å². The van der Waals surface area contributed by atoms with E-state index in [1.807, 2.05) is 19.9 Å². The summed E-state index contributed by atoms with van der Waals surface area (Å²) in [4.78, 5) is 11.0. The van der Waals surface area contributed by atoms with Crippen LogP contribution in [0.4, 0.5) is 0 Å².